The van der Waals surface area contributed by atoms with Crippen LogP contribution in [0, 0.1) is 0 Å². The number of benzene rings is 1. The molecule has 2 rings (SSSR count). The molecule has 1 N–H and O–H groups in total. The molecular formula is C11H13ClFNO. The Morgan fingerprint density at radius 1 is 1.47 bits per heavy atom. The first-order chi connectivity index (χ1) is 7.25. The second-order valence-corrected chi connectivity index (χ2v) is 4.08. The summed E-state index contributed by atoms with van der Waals surface area (Å²) in [7, 11) is 0. The summed E-state index contributed by atoms with van der Waals surface area (Å²) in [6, 6.07) is 7.15. The summed E-state index contributed by atoms with van der Waals surface area (Å²) in [5.41, 5.74) is 0.858. The van der Waals surface area contributed by atoms with Crippen molar-refractivity contribution in [3.05, 3.63) is 29.3 Å². The molecule has 1 saturated heterocycles. The zero-order valence-corrected chi connectivity index (χ0v) is 9.01. The van der Waals surface area contributed by atoms with Crippen LogP contribution in [0.15, 0.2) is 24.3 Å². The molecule has 82 valence electrons. The molecule has 1 heterocycles. The summed E-state index contributed by atoms with van der Waals surface area (Å²) in [6.07, 6.45) is -0.258. The van der Waals surface area contributed by atoms with Crippen LogP contribution in [-0.4, -0.2) is 25.4 Å². The van der Waals surface area contributed by atoms with Gasteiger partial charge in [-0.25, -0.2) is 4.39 Å². The molecular weight excluding hydrogens is 217 g/mol. The van der Waals surface area contributed by atoms with E-state index in [0.29, 0.717) is 18.1 Å². The minimum absolute atomic E-state index is 0.169. The Morgan fingerprint density at radius 3 is 3.07 bits per heavy atom. The van der Waals surface area contributed by atoms with Crippen LogP contribution in [0.3, 0.4) is 0 Å². The predicted octanol–water partition coefficient (Wildman–Crippen LogP) is 2.88. The molecule has 0 radical (unpaired) electrons. The number of nitrogens with one attached hydrogen (secondary N) is 1. The molecule has 0 aliphatic carbocycles. The van der Waals surface area contributed by atoms with E-state index in [4.69, 9.17) is 16.3 Å². The number of rotatable bonds is 2. The van der Waals surface area contributed by atoms with E-state index in [1.807, 2.05) is 12.1 Å². The van der Waals surface area contributed by atoms with Gasteiger partial charge in [0.1, 0.15) is 6.17 Å². The molecule has 2 unspecified atom stereocenters. The van der Waals surface area contributed by atoms with E-state index in [1.165, 1.54) is 0 Å². The van der Waals surface area contributed by atoms with Gasteiger partial charge in [0, 0.05) is 17.3 Å². The van der Waals surface area contributed by atoms with E-state index >= 15 is 0 Å². The van der Waals surface area contributed by atoms with E-state index in [0.717, 1.165) is 5.69 Å². The Balaban J connectivity index is 2.01. The Kier molecular flexibility index (Phi) is 3.44. The molecule has 15 heavy (non-hydrogen) atoms. The van der Waals surface area contributed by atoms with Gasteiger partial charge < -0.3 is 10.1 Å². The minimum atomic E-state index is -0.947. The lowest BCUT2D eigenvalue weighted by Gasteiger charge is -2.27. The molecule has 1 aromatic rings. The first-order valence-corrected chi connectivity index (χ1v) is 5.37. The fourth-order valence-corrected chi connectivity index (χ4v) is 1.85. The van der Waals surface area contributed by atoms with Gasteiger partial charge in [-0.2, -0.15) is 0 Å². The molecule has 2 nitrogen and oxygen atoms in total. The molecule has 1 aliphatic heterocycles. The smallest absolute Gasteiger partial charge is 0.143 e. The summed E-state index contributed by atoms with van der Waals surface area (Å²) < 4.78 is 18.4. The van der Waals surface area contributed by atoms with Gasteiger partial charge in [-0.05, 0) is 24.6 Å². The van der Waals surface area contributed by atoms with Crippen molar-refractivity contribution < 1.29 is 9.13 Å². The zero-order chi connectivity index (χ0) is 10.7. The quantitative estimate of drug-likeness (QED) is 0.842. The fraction of sp³-hybridized carbons (Fsp3) is 0.455. The lowest BCUT2D eigenvalue weighted by molar-refractivity contribution is 0.0286. The number of ether oxygens (including phenoxy) is 1. The van der Waals surface area contributed by atoms with E-state index in [2.05, 4.69) is 5.32 Å². The number of anilines is 1. The van der Waals surface area contributed by atoms with Crippen LogP contribution in [0.4, 0.5) is 10.1 Å². The van der Waals surface area contributed by atoms with Crippen molar-refractivity contribution >= 4 is 17.3 Å². The van der Waals surface area contributed by atoms with Crippen LogP contribution >= 0.6 is 11.6 Å². The van der Waals surface area contributed by atoms with Crippen molar-refractivity contribution in [3.8, 4) is 0 Å². The van der Waals surface area contributed by atoms with Gasteiger partial charge in [-0.15, -0.1) is 0 Å². The van der Waals surface area contributed by atoms with Crippen LogP contribution in [0.25, 0.3) is 0 Å². The number of hydrogen-bond acceptors (Lipinski definition) is 2. The highest BCUT2D eigenvalue weighted by molar-refractivity contribution is 6.30. The van der Waals surface area contributed by atoms with Crippen molar-refractivity contribution in [2.75, 3.05) is 18.5 Å². The van der Waals surface area contributed by atoms with Gasteiger partial charge in [0.2, 0.25) is 0 Å². The molecule has 0 spiro atoms. The Bertz CT molecular complexity index is 334. The van der Waals surface area contributed by atoms with Gasteiger partial charge in [0.25, 0.3) is 0 Å². The molecule has 0 saturated carbocycles. The third-order valence-electron chi connectivity index (χ3n) is 2.46. The Morgan fingerprint density at radius 2 is 2.33 bits per heavy atom. The van der Waals surface area contributed by atoms with Gasteiger partial charge in [0.15, 0.2) is 0 Å². The number of halogens is 2. The van der Waals surface area contributed by atoms with Crippen LogP contribution < -0.4 is 5.32 Å². The molecule has 0 amide bonds. The fourth-order valence-electron chi connectivity index (χ4n) is 1.66. The summed E-state index contributed by atoms with van der Waals surface area (Å²) in [6.45, 7) is 0.789. The number of hydrogen-bond donors (Lipinski definition) is 1. The highest BCUT2D eigenvalue weighted by Crippen LogP contribution is 2.20. The summed E-state index contributed by atoms with van der Waals surface area (Å²) in [4.78, 5) is 0. The molecule has 1 aromatic carbocycles. The van der Waals surface area contributed by atoms with Gasteiger partial charge in [0.05, 0.1) is 12.6 Å². The molecule has 0 bridgehead atoms. The van der Waals surface area contributed by atoms with Gasteiger partial charge >= 0.3 is 0 Å². The largest absolute Gasteiger partial charge is 0.379 e. The SMILES string of the molecule is FC1COCCC1Nc1cccc(Cl)c1. The van der Waals surface area contributed by atoms with Gasteiger partial charge in [-0.1, -0.05) is 17.7 Å². The highest BCUT2D eigenvalue weighted by Gasteiger charge is 2.24. The average molecular weight is 230 g/mol. The second-order valence-electron chi connectivity index (χ2n) is 3.64. The van der Waals surface area contributed by atoms with Crippen LogP contribution in [0.2, 0.25) is 5.02 Å². The lowest BCUT2D eigenvalue weighted by Crippen LogP contribution is -2.39. The second kappa shape index (κ2) is 4.81. The maximum Gasteiger partial charge on any atom is 0.143 e. The Hall–Kier alpha value is -0.800. The zero-order valence-electron chi connectivity index (χ0n) is 8.25. The minimum Gasteiger partial charge on any atom is -0.379 e. The topological polar surface area (TPSA) is 21.3 Å². The first kappa shape index (κ1) is 10.7. The van der Waals surface area contributed by atoms with E-state index in [9.17, 15) is 4.39 Å². The molecule has 1 aliphatic rings. The van der Waals surface area contributed by atoms with Crippen molar-refractivity contribution in [1.82, 2.24) is 0 Å². The monoisotopic (exact) mass is 229 g/mol. The third kappa shape index (κ3) is 2.83. The summed E-state index contributed by atoms with van der Waals surface area (Å²) in [5, 5.41) is 3.79. The molecule has 0 aromatic heterocycles. The van der Waals surface area contributed by atoms with Crippen molar-refractivity contribution in [2.45, 2.75) is 18.6 Å². The standard InChI is InChI=1S/C11H13ClFNO/c12-8-2-1-3-9(6-8)14-11-4-5-15-7-10(11)13/h1-3,6,10-11,14H,4-5,7H2. The van der Waals surface area contributed by atoms with E-state index in [-0.39, 0.29) is 12.6 Å². The van der Waals surface area contributed by atoms with Crippen molar-refractivity contribution in [2.24, 2.45) is 0 Å². The first-order valence-electron chi connectivity index (χ1n) is 4.99. The van der Waals surface area contributed by atoms with Crippen molar-refractivity contribution in [1.29, 1.82) is 0 Å². The maximum atomic E-state index is 13.4. The maximum absolute atomic E-state index is 13.4. The Labute approximate surface area is 93.4 Å². The van der Waals surface area contributed by atoms with Crippen LogP contribution in [0.1, 0.15) is 6.42 Å². The van der Waals surface area contributed by atoms with E-state index in [1.54, 1.807) is 12.1 Å². The van der Waals surface area contributed by atoms with Gasteiger partial charge in [-0.3, -0.25) is 0 Å². The molecule has 1 fully saturated rings. The average Bonchev–Trinajstić information content (AvgIpc) is 2.22. The van der Waals surface area contributed by atoms with E-state index < -0.39 is 6.17 Å². The van der Waals surface area contributed by atoms with Crippen molar-refractivity contribution in [3.63, 3.8) is 0 Å². The highest BCUT2D eigenvalue weighted by atomic mass is 35.5. The molecule has 4 heteroatoms. The molecule has 2 atom stereocenters. The third-order valence-corrected chi connectivity index (χ3v) is 2.70. The lowest BCUT2D eigenvalue weighted by atomic mass is 10.1. The summed E-state index contributed by atoms with van der Waals surface area (Å²) >= 11 is 5.84. The van der Waals surface area contributed by atoms with Crippen LogP contribution in [-0.2, 0) is 4.74 Å². The number of alkyl halides is 1. The normalized spacial score (nSPS) is 26.3. The summed E-state index contributed by atoms with van der Waals surface area (Å²) in [5.74, 6) is 0. The van der Waals surface area contributed by atoms with Crippen LogP contribution in [0.5, 0.6) is 0 Å². The predicted molar refractivity (Wildman–Crippen MR) is 59.2 cm³/mol.